The molecule has 0 heterocycles. The van der Waals surface area contributed by atoms with Crippen LogP contribution in [0, 0.1) is 18.6 Å². The van der Waals surface area contributed by atoms with Crippen molar-refractivity contribution in [3.63, 3.8) is 0 Å². The summed E-state index contributed by atoms with van der Waals surface area (Å²) in [6.07, 6.45) is 0. The molecule has 0 radical (unpaired) electrons. The average Bonchev–Trinajstić information content (AvgIpc) is 3.11. The highest BCUT2D eigenvalue weighted by Crippen LogP contribution is 2.29. The Balaban J connectivity index is 0.000000195. The highest BCUT2D eigenvalue weighted by molar-refractivity contribution is 6.08. The Bertz CT molecular complexity index is 2120. The van der Waals surface area contributed by atoms with Crippen LogP contribution in [0.15, 0.2) is 146 Å². The molecule has 0 aliphatic carbocycles. The number of nitrogens with one attached hydrogen (secondary N) is 2. The largest absolute Gasteiger partial charge is 0.478 e. The Labute approximate surface area is 286 Å². The summed E-state index contributed by atoms with van der Waals surface area (Å²) < 4.78 is 38.9. The van der Waals surface area contributed by atoms with Gasteiger partial charge in [-0.2, -0.15) is 0 Å². The van der Waals surface area contributed by atoms with Crippen LogP contribution in [0.4, 0.5) is 20.2 Å². The Morgan fingerprint density at radius 1 is 0.500 bits per heavy atom. The highest BCUT2D eigenvalue weighted by Gasteiger charge is 2.17. The molecule has 6 aromatic carbocycles. The van der Waals surface area contributed by atoms with E-state index in [9.17, 15) is 28.3 Å². The molecule has 3 N–H and O–H groups in total. The number of carbonyl (C=O) groups is 3. The summed E-state index contributed by atoms with van der Waals surface area (Å²) in [4.78, 5) is 36.0. The van der Waals surface area contributed by atoms with Crippen molar-refractivity contribution in [2.45, 2.75) is 6.92 Å². The molecular weight excluding hydrogens is 642 g/mol. The zero-order valence-corrected chi connectivity index (χ0v) is 26.6. The Hall–Kier alpha value is -6.81. The monoisotopic (exact) mass is 672 g/mol. The van der Waals surface area contributed by atoms with E-state index >= 15 is 0 Å². The summed E-state index contributed by atoms with van der Waals surface area (Å²) >= 11 is 0. The quantitative estimate of drug-likeness (QED) is 0.141. The molecule has 2 amide bonds. The third kappa shape index (κ3) is 9.17. The van der Waals surface area contributed by atoms with Gasteiger partial charge < -0.3 is 25.2 Å². The van der Waals surface area contributed by atoms with Gasteiger partial charge in [0, 0.05) is 17.8 Å². The molecule has 0 saturated heterocycles. The number of halogens is 2. The van der Waals surface area contributed by atoms with E-state index in [4.69, 9.17) is 9.47 Å². The van der Waals surface area contributed by atoms with Gasteiger partial charge in [-0.3, -0.25) is 9.59 Å². The maximum absolute atomic E-state index is 13.8. The summed E-state index contributed by atoms with van der Waals surface area (Å²) in [7, 11) is 0. The van der Waals surface area contributed by atoms with Gasteiger partial charge in [0.05, 0.1) is 22.4 Å². The molecule has 8 nitrogen and oxygen atoms in total. The number of carbonyl (C=O) groups excluding carboxylic acids is 2. The van der Waals surface area contributed by atoms with Crippen molar-refractivity contribution < 1.29 is 37.7 Å². The summed E-state index contributed by atoms with van der Waals surface area (Å²) in [5.74, 6) is -1.52. The van der Waals surface area contributed by atoms with Gasteiger partial charge in [-0.05, 0) is 79.2 Å². The number of hydrogen-bond donors (Lipinski definition) is 3. The van der Waals surface area contributed by atoms with Crippen LogP contribution in [0.3, 0.4) is 0 Å². The molecular formula is C40H30F2N2O6. The van der Waals surface area contributed by atoms with Gasteiger partial charge in [0.25, 0.3) is 11.8 Å². The van der Waals surface area contributed by atoms with Gasteiger partial charge in [0.15, 0.2) is 0 Å². The van der Waals surface area contributed by atoms with Crippen molar-refractivity contribution in [1.29, 1.82) is 0 Å². The number of aryl methyl sites for hydroxylation is 1. The van der Waals surface area contributed by atoms with Crippen LogP contribution in [-0.4, -0.2) is 22.9 Å². The van der Waals surface area contributed by atoms with Crippen molar-refractivity contribution in [2.24, 2.45) is 0 Å². The number of benzene rings is 6. The van der Waals surface area contributed by atoms with Crippen molar-refractivity contribution in [3.8, 4) is 23.0 Å². The predicted molar refractivity (Wildman–Crippen MR) is 186 cm³/mol. The second-order valence-corrected chi connectivity index (χ2v) is 10.7. The number of amides is 2. The van der Waals surface area contributed by atoms with Crippen LogP contribution in [-0.2, 0) is 0 Å². The van der Waals surface area contributed by atoms with Crippen molar-refractivity contribution in [3.05, 3.63) is 179 Å². The van der Waals surface area contributed by atoms with E-state index in [2.05, 4.69) is 10.6 Å². The lowest BCUT2D eigenvalue weighted by molar-refractivity contribution is 0.0697. The molecule has 6 rings (SSSR count). The molecule has 0 aliphatic heterocycles. The fourth-order valence-corrected chi connectivity index (χ4v) is 4.60. The summed E-state index contributed by atoms with van der Waals surface area (Å²) in [6, 6.07) is 39.2. The molecule has 0 bridgehead atoms. The minimum absolute atomic E-state index is 0.00582. The summed E-state index contributed by atoms with van der Waals surface area (Å²) in [5.41, 5.74) is 1.15. The van der Waals surface area contributed by atoms with Gasteiger partial charge >= 0.3 is 5.97 Å². The van der Waals surface area contributed by atoms with Crippen LogP contribution in [0.25, 0.3) is 0 Å². The molecule has 250 valence electrons. The van der Waals surface area contributed by atoms with Gasteiger partial charge in [-0.1, -0.05) is 66.7 Å². The second kappa shape index (κ2) is 16.3. The normalized spacial score (nSPS) is 10.2. The molecule has 0 aromatic heterocycles. The van der Waals surface area contributed by atoms with E-state index in [0.29, 0.717) is 28.7 Å². The number of aromatic carboxylic acids is 1. The standard InChI is InChI=1S/C20H14FNO4.C20H16FNO2/c21-17-9-5-4-8-15(17)19(23)22-18-12-14(10-11-16(18)20(24)25)26-13-6-2-1-3-7-13;1-14-11-12-16(24-15-7-3-2-4-8-15)13-19(14)22-20(23)17-9-5-6-10-18(17)21/h1-12H,(H,22,23)(H,24,25);2-13H,1H3,(H,22,23). The third-order valence-corrected chi connectivity index (χ3v) is 7.12. The lowest BCUT2D eigenvalue weighted by atomic mass is 10.1. The van der Waals surface area contributed by atoms with E-state index in [1.165, 1.54) is 48.5 Å². The van der Waals surface area contributed by atoms with Gasteiger partial charge in [0.2, 0.25) is 0 Å². The molecule has 50 heavy (non-hydrogen) atoms. The Kier molecular flexibility index (Phi) is 11.3. The minimum Gasteiger partial charge on any atom is -0.478 e. The van der Waals surface area contributed by atoms with Crippen LogP contribution >= 0.6 is 0 Å². The predicted octanol–water partition coefficient (Wildman–Crippen LogP) is 9.75. The summed E-state index contributed by atoms with van der Waals surface area (Å²) in [5, 5.41) is 14.5. The van der Waals surface area contributed by atoms with E-state index in [0.717, 1.165) is 11.6 Å². The fourth-order valence-electron chi connectivity index (χ4n) is 4.60. The number of carboxylic acid groups (broad SMARTS) is 1. The van der Waals surface area contributed by atoms with Crippen LogP contribution < -0.4 is 20.1 Å². The minimum atomic E-state index is -1.22. The molecule has 6 aromatic rings. The first kappa shape index (κ1) is 34.5. The molecule has 0 saturated carbocycles. The molecule has 0 fully saturated rings. The van der Waals surface area contributed by atoms with Gasteiger partial charge in [-0.15, -0.1) is 0 Å². The first-order chi connectivity index (χ1) is 24.2. The van der Waals surface area contributed by atoms with E-state index in [1.54, 1.807) is 42.5 Å². The van der Waals surface area contributed by atoms with Crippen LogP contribution in [0.5, 0.6) is 23.0 Å². The first-order valence-electron chi connectivity index (χ1n) is 15.2. The lowest BCUT2D eigenvalue weighted by Crippen LogP contribution is -2.16. The van der Waals surface area contributed by atoms with Crippen molar-refractivity contribution >= 4 is 29.2 Å². The zero-order chi connectivity index (χ0) is 35.5. The topological polar surface area (TPSA) is 114 Å². The number of hydrogen-bond acceptors (Lipinski definition) is 5. The van der Waals surface area contributed by atoms with Gasteiger partial charge in [0.1, 0.15) is 34.6 Å². The molecule has 10 heteroatoms. The Morgan fingerprint density at radius 2 is 0.920 bits per heavy atom. The molecule has 0 aliphatic rings. The van der Waals surface area contributed by atoms with E-state index in [1.807, 2.05) is 55.5 Å². The van der Waals surface area contributed by atoms with E-state index in [-0.39, 0.29) is 22.4 Å². The second-order valence-electron chi connectivity index (χ2n) is 10.7. The first-order valence-corrected chi connectivity index (χ1v) is 15.2. The number of ether oxygens (including phenoxy) is 2. The van der Waals surface area contributed by atoms with Crippen LogP contribution in [0.1, 0.15) is 36.6 Å². The number of para-hydroxylation sites is 2. The smallest absolute Gasteiger partial charge is 0.337 e. The third-order valence-electron chi connectivity index (χ3n) is 7.12. The van der Waals surface area contributed by atoms with Crippen molar-refractivity contribution in [1.82, 2.24) is 0 Å². The zero-order valence-electron chi connectivity index (χ0n) is 26.6. The van der Waals surface area contributed by atoms with E-state index < -0.39 is 29.4 Å². The molecule has 0 spiro atoms. The van der Waals surface area contributed by atoms with Gasteiger partial charge in [-0.25, -0.2) is 13.6 Å². The maximum Gasteiger partial charge on any atom is 0.337 e. The lowest BCUT2D eigenvalue weighted by Gasteiger charge is -2.12. The summed E-state index contributed by atoms with van der Waals surface area (Å²) in [6.45, 7) is 1.86. The SMILES string of the molecule is Cc1ccc(Oc2ccccc2)cc1NC(=O)c1ccccc1F.O=C(Nc1cc(Oc2ccccc2)ccc1C(=O)O)c1ccccc1F. The van der Waals surface area contributed by atoms with Crippen molar-refractivity contribution in [2.75, 3.05) is 10.6 Å². The van der Waals surface area contributed by atoms with Crippen LogP contribution in [0.2, 0.25) is 0 Å². The molecule has 0 unspecified atom stereocenters. The maximum atomic E-state index is 13.8. The molecule has 0 atom stereocenters. The highest BCUT2D eigenvalue weighted by atomic mass is 19.1. The number of anilines is 2. The fraction of sp³-hybridized carbons (Fsp3) is 0.0250. The average molecular weight is 673 g/mol. The number of rotatable bonds is 9. The Morgan fingerprint density at radius 3 is 1.40 bits per heavy atom. The number of carboxylic acids is 1.